The molecule has 1 aliphatic rings. The first-order chi connectivity index (χ1) is 19.8. The number of amides is 3. The highest BCUT2D eigenvalue weighted by Crippen LogP contribution is 2.15. The molecule has 0 radical (unpaired) electrons. The predicted octanol–water partition coefficient (Wildman–Crippen LogP) is 3.34. The Kier molecular flexibility index (Phi) is 9.82. The largest absolute Gasteiger partial charge is 0.461 e. The maximum absolute atomic E-state index is 13.3. The molecule has 1 fully saturated rings. The van der Waals surface area contributed by atoms with Gasteiger partial charge in [-0.15, -0.1) is 0 Å². The fourth-order valence-electron chi connectivity index (χ4n) is 4.41. The molecule has 1 atom stereocenters. The van der Waals surface area contributed by atoms with Crippen molar-refractivity contribution in [3.63, 3.8) is 0 Å². The van der Waals surface area contributed by atoms with Crippen LogP contribution in [-0.4, -0.2) is 60.6 Å². The molecule has 0 bridgehead atoms. The summed E-state index contributed by atoms with van der Waals surface area (Å²) in [4.78, 5) is 53.5. The zero-order chi connectivity index (χ0) is 29.2. The Bertz CT molecular complexity index is 1400. The van der Waals surface area contributed by atoms with E-state index in [1.54, 1.807) is 48.3 Å². The van der Waals surface area contributed by atoms with Gasteiger partial charge >= 0.3 is 5.97 Å². The summed E-state index contributed by atoms with van der Waals surface area (Å²) in [5, 5.41) is 16.1. The monoisotopic (exact) mass is 555 g/mol. The van der Waals surface area contributed by atoms with Crippen LogP contribution in [0.2, 0.25) is 0 Å². The minimum Gasteiger partial charge on any atom is -0.461 e. The molecular formula is C31H33N5O5. The van der Waals surface area contributed by atoms with Crippen molar-refractivity contribution in [1.82, 2.24) is 15.5 Å². The first-order valence-electron chi connectivity index (χ1n) is 13.4. The van der Waals surface area contributed by atoms with Crippen LogP contribution in [0.5, 0.6) is 0 Å². The van der Waals surface area contributed by atoms with Crippen molar-refractivity contribution in [2.75, 3.05) is 25.5 Å². The fourth-order valence-corrected chi connectivity index (χ4v) is 4.41. The molecule has 41 heavy (non-hydrogen) atoms. The molecule has 3 amide bonds. The average molecular weight is 556 g/mol. The molecule has 212 valence electrons. The minimum atomic E-state index is -1.25. The van der Waals surface area contributed by atoms with Crippen molar-refractivity contribution in [2.45, 2.75) is 31.9 Å². The summed E-state index contributed by atoms with van der Waals surface area (Å²) in [6.07, 6.45) is 1.56. The van der Waals surface area contributed by atoms with Gasteiger partial charge < -0.3 is 25.6 Å². The molecule has 4 rings (SSSR count). The number of benzene rings is 3. The van der Waals surface area contributed by atoms with Crippen LogP contribution >= 0.6 is 0 Å². The molecule has 3 aromatic carbocycles. The van der Waals surface area contributed by atoms with Crippen molar-refractivity contribution in [3.8, 4) is 0 Å². The highest BCUT2D eigenvalue weighted by Gasteiger charge is 2.26. The van der Waals surface area contributed by atoms with Crippen LogP contribution in [-0.2, 0) is 20.9 Å². The molecule has 1 aliphatic heterocycles. The molecular weight excluding hydrogens is 522 g/mol. The molecule has 0 aromatic heterocycles. The average Bonchev–Trinajstić information content (AvgIpc) is 3.55. The zero-order valence-corrected chi connectivity index (χ0v) is 22.8. The fraction of sp³-hybridized carbons (Fsp3) is 0.258. The van der Waals surface area contributed by atoms with E-state index < -0.39 is 30.2 Å². The summed E-state index contributed by atoms with van der Waals surface area (Å²) in [7, 11) is 1.62. The van der Waals surface area contributed by atoms with E-state index in [9.17, 15) is 19.2 Å². The van der Waals surface area contributed by atoms with Crippen LogP contribution in [0.25, 0.3) is 0 Å². The van der Waals surface area contributed by atoms with Gasteiger partial charge in [-0.05, 0) is 54.8 Å². The van der Waals surface area contributed by atoms with Gasteiger partial charge in [-0.3, -0.25) is 24.6 Å². The number of likely N-dealkylation sites (tertiary alicyclic amines) is 1. The van der Waals surface area contributed by atoms with Crippen molar-refractivity contribution in [3.05, 3.63) is 101 Å². The number of hydrogen-bond acceptors (Lipinski definition) is 6. The maximum Gasteiger partial charge on any atom is 0.308 e. The van der Waals surface area contributed by atoms with Gasteiger partial charge in [-0.2, -0.15) is 0 Å². The Balaban J connectivity index is 1.46. The standard InChI is InChI=1S/C31H33N5O5/c1-33-28(32)24-10-7-11-25(18-24)34-30(39)26(19-27(37)41-20-21-8-3-2-4-9-21)35-29(38)22-12-14-23(15-13-22)31(40)36-16-5-6-17-36/h2-4,7-15,18,26H,5-6,16-17,19-20H2,1H3,(H2,32,33)(H,34,39)(H,35,38)/t26-/m1/s1. The van der Waals surface area contributed by atoms with E-state index in [-0.39, 0.29) is 23.9 Å². The van der Waals surface area contributed by atoms with Crippen LogP contribution < -0.4 is 16.0 Å². The summed E-state index contributed by atoms with van der Waals surface area (Å²) in [5.41, 5.74) is 2.46. The quantitative estimate of drug-likeness (QED) is 0.172. The minimum absolute atomic E-state index is 0.0304. The number of rotatable bonds is 10. The second-order valence-electron chi connectivity index (χ2n) is 9.65. The van der Waals surface area contributed by atoms with Crippen LogP contribution in [0, 0.1) is 5.41 Å². The van der Waals surface area contributed by atoms with Gasteiger partial charge in [-0.1, -0.05) is 42.5 Å². The number of nitrogens with zero attached hydrogens (tertiary/aromatic N) is 1. The van der Waals surface area contributed by atoms with E-state index in [0.717, 1.165) is 31.5 Å². The van der Waals surface area contributed by atoms with Gasteiger partial charge in [0, 0.05) is 42.5 Å². The number of carbonyl (C=O) groups excluding carboxylic acids is 4. The van der Waals surface area contributed by atoms with Crippen molar-refractivity contribution in [1.29, 1.82) is 5.41 Å². The van der Waals surface area contributed by atoms with Crippen LogP contribution in [0.15, 0.2) is 78.9 Å². The highest BCUT2D eigenvalue weighted by atomic mass is 16.5. The molecule has 0 unspecified atom stereocenters. The lowest BCUT2D eigenvalue weighted by Crippen LogP contribution is -2.45. The van der Waals surface area contributed by atoms with Gasteiger partial charge in [0.1, 0.15) is 18.5 Å². The molecule has 0 aliphatic carbocycles. The van der Waals surface area contributed by atoms with E-state index in [4.69, 9.17) is 10.1 Å². The van der Waals surface area contributed by atoms with Crippen molar-refractivity contribution >= 4 is 35.2 Å². The number of amidine groups is 1. The van der Waals surface area contributed by atoms with Crippen molar-refractivity contribution in [2.24, 2.45) is 0 Å². The Morgan fingerprint density at radius 1 is 0.878 bits per heavy atom. The molecule has 1 heterocycles. The summed E-state index contributed by atoms with van der Waals surface area (Å²) in [6, 6.07) is 20.7. The van der Waals surface area contributed by atoms with E-state index in [1.807, 2.05) is 30.3 Å². The van der Waals surface area contributed by atoms with E-state index in [1.165, 1.54) is 12.1 Å². The van der Waals surface area contributed by atoms with Gasteiger partial charge in [0.2, 0.25) is 5.91 Å². The third kappa shape index (κ3) is 8.01. The number of nitrogens with one attached hydrogen (secondary N) is 4. The molecule has 1 saturated heterocycles. The first-order valence-corrected chi connectivity index (χ1v) is 13.4. The first kappa shape index (κ1) is 29.0. The van der Waals surface area contributed by atoms with E-state index in [0.29, 0.717) is 16.8 Å². The molecule has 3 aromatic rings. The lowest BCUT2D eigenvalue weighted by atomic mass is 10.1. The number of carbonyl (C=O) groups is 4. The number of hydrogen-bond donors (Lipinski definition) is 4. The van der Waals surface area contributed by atoms with Gasteiger partial charge in [-0.25, -0.2) is 0 Å². The van der Waals surface area contributed by atoms with E-state index in [2.05, 4.69) is 16.0 Å². The normalized spacial score (nSPS) is 13.1. The summed E-state index contributed by atoms with van der Waals surface area (Å²) >= 11 is 0. The smallest absolute Gasteiger partial charge is 0.308 e. The predicted molar refractivity (Wildman–Crippen MR) is 155 cm³/mol. The lowest BCUT2D eigenvalue weighted by Gasteiger charge is -2.19. The molecule has 10 nitrogen and oxygen atoms in total. The van der Waals surface area contributed by atoms with Crippen molar-refractivity contribution < 1.29 is 23.9 Å². The molecule has 4 N–H and O–H groups in total. The van der Waals surface area contributed by atoms with Gasteiger partial charge in [0.05, 0.1) is 6.42 Å². The summed E-state index contributed by atoms with van der Waals surface area (Å²) in [5.74, 6) is -1.77. The van der Waals surface area contributed by atoms with Crippen LogP contribution in [0.4, 0.5) is 5.69 Å². The number of anilines is 1. The SMILES string of the molecule is CNC(=N)c1cccc(NC(=O)[C@@H](CC(=O)OCc2ccccc2)NC(=O)c2ccc(C(=O)N3CCCC3)cc2)c1. The Hall–Kier alpha value is -4.99. The second kappa shape index (κ2) is 13.9. The summed E-state index contributed by atoms with van der Waals surface area (Å²) < 4.78 is 5.35. The van der Waals surface area contributed by atoms with Crippen LogP contribution in [0.1, 0.15) is 51.1 Å². The highest BCUT2D eigenvalue weighted by molar-refractivity contribution is 6.04. The summed E-state index contributed by atoms with van der Waals surface area (Å²) in [6.45, 7) is 1.47. The zero-order valence-electron chi connectivity index (χ0n) is 22.8. The lowest BCUT2D eigenvalue weighted by molar-refractivity contribution is -0.146. The van der Waals surface area contributed by atoms with E-state index >= 15 is 0 Å². The molecule has 10 heteroatoms. The Morgan fingerprint density at radius 3 is 2.24 bits per heavy atom. The second-order valence-corrected chi connectivity index (χ2v) is 9.65. The number of ether oxygens (including phenoxy) is 1. The Morgan fingerprint density at radius 2 is 1.56 bits per heavy atom. The van der Waals surface area contributed by atoms with Crippen LogP contribution in [0.3, 0.4) is 0 Å². The molecule has 0 saturated carbocycles. The van der Waals surface area contributed by atoms with Gasteiger partial charge in [0.15, 0.2) is 0 Å². The number of esters is 1. The third-order valence-corrected chi connectivity index (χ3v) is 6.69. The van der Waals surface area contributed by atoms with Gasteiger partial charge in [0.25, 0.3) is 11.8 Å². The topological polar surface area (TPSA) is 141 Å². The Labute approximate surface area is 238 Å². The third-order valence-electron chi connectivity index (χ3n) is 6.69. The molecule has 0 spiro atoms. The maximum atomic E-state index is 13.3.